The molecule has 0 fully saturated rings. The lowest BCUT2D eigenvalue weighted by molar-refractivity contribution is -0.116. The van der Waals surface area contributed by atoms with Gasteiger partial charge >= 0.3 is 0 Å². The Labute approximate surface area is 337 Å². The molecular formula is C42H59N5O9S. The molecule has 4 rings (SSSR count). The van der Waals surface area contributed by atoms with E-state index >= 15 is 0 Å². The smallest absolute Gasteiger partial charge is 0.258 e. The topological polar surface area (TPSA) is 190 Å². The summed E-state index contributed by atoms with van der Waals surface area (Å²) in [7, 11) is -0.854. The van der Waals surface area contributed by atoms with Crippen molar-refractivity contribution in [2.24, 2.45) is 5.92 Å². The minimum atomic E-state index is -3.87. The van der Waals surface area contributed by atoms with Gasteiger partial charge in [-0.05, 0) is 101 Å². The molecule has 1 heterocycles. The van der Waals surface area contributed by atoms with Crippen LogP contribution in [0, 0.1) is 5.92 Å². The Kier molecular flexibility index (Phi) is 17.2. The van der Waals surface area contributed by atoms with E-state index in [1.54, 1.807) is 66.4 Å². The maximum absolute atomic E-state index is 14.5. The number of nitrogen functional groups attached to an aromatic ring is 1. The Morgan fingerprint density at radius 1 is 1.00 bits per heavy atom. The molecule has 14 nitrogen and oxygen atoms in total. The third-order valence-corrected chi connectivity index (χ3v) is 11.9. The van der Waals surface area contributed by atoms with Crippen LogP contribution in [0.3, 0.4) is 0 Å². The molecule has 0 saturated carbocycles. The van der Waals surface area contributed by atoms with Crippen LogP contribution >= 0.6 is 0 Å². The van der Waals surface area contributed by atoms with Gasteiger partial charge < -0.3 is 40.6 Å². The molecule has 5 N–H and O–H groups in total. The lowest BCUT2D eigenvalue weighted by Gasteiger charge is -2.35. The Morgan fingerprint density at radius 3 is 2.35 bits per heavy atom. The van der Waals surface area contributed by atoms with Crippen molar-refractivity contribution in [3.63, 3.8) is 0 Å². The van der Waals surface area contributed by atoms with E-state index in [0.29, 0.717) is 67.3 Å². The Balaban J connectivity index is 1.46. The zero-order valence-electron chi connectivity index (χ0n) is 33.7. The van der Waals surface area contributed by atoms with Crippen LogP contribution in [0.5, 0.6) is 11.5 Å². The van der Waals surface area contributed by atoms with E-state index in [2.05, 4.69) is 10.6 Å². The predicted octanol–water partition coefficient (Wildman–Crippen LogP) is 5.92. The second-order valence-electron chi connectivity index (χ2n) is 14.7. The molecule has 0 aliphatic carbocycles. The molecule has 1 aliphatic heterocycles. The highest BCUT2D eigenvalue weighted by atomic mass is 32.2. The fourth-order valence-corrected chi connectivity index (χ4v) is 7.72. The second-order valence-corrected chi connectivity index (χ2v) is 16.8. The first-order valence-corrected chi connectivity index (χ1v) is 21.1. The first-order valence-electron chi connectivity index (χ1n) is 19.6. The van der Waals surface area contributed by atoms with Crippen molar-refractivity contribution in [1.29, 1.82) is 0 Å². The standard InChI is InChI=1S/C42H59N5O9S/c1-29-26-47(30(2)28-48)42(51)35-25-32(44-40(49)16-7-6-8-17-41(50)45-37-15-10-9-14-36(37)43)18-23-38(35)56-31(3)13-11-12-24-55-39(29)27-46(4)57(52,53)34-21-19-33(54-5)20-22-34/h9-10,14-15,18-23,25,29-31,39,48H,6-8,11-13,16-17,24,26-28,43H2,1-5H3,(H,44,49)(H,45,50)/t29-,30+,31+,39-/m0/s1. The number of nitrogens with one attached hydrogen (secondary N) is 2. The number of likely N-dealkylation sites (N-methyl/N-ethyl adjacent to an activating group) is 1. The van der Waals surface area contributed by atoms with E-state index in [1.807, 2.05) is 13.8 Å². The van der Waals surface area contributed by atoms with E-state index in [-0.39, 0.29) is 60.4 Å². The van der Waals surface area contributed by atoms with Crippen molar-refractivity contribution < 1.29 is 42.1 Å². The van der Waals surface area contributed by atoms with Crippen LogP contribution in [0.2, 0.25) is 0 Å². The summed E-state index contributed by atoms with van der Waals surface area (Å²) in [6.45, 7) is 5.81. The van der Waals surface area contributed by atoms with Crippen LogP contribution in [0.15, 0.2) is 71.6 Å². The van der Waals surface area contributed by atoms with Gasteiger partial charge in [0.1, 0.15) is 11.5 Å². The average molecular weight is 810 g/mol. The number of rotatable bonds is 15. The highest BCUT2D eigenvalue weighted by Crippen LogP contribution is 2.29. The maximum Gasteiger partial charge on any atom is 0.258 e. The van der Waals surface area contributed by atoms with Gasteiger partial charge in [-0.15, -0.1) is 0 Å². The molecule has 0 aromatic heterocycles. The number of hydrogen-bond acceptors (Lipinski definition) is 10. The zero-order valence-corrected chi connectivity index (χ0v) is 34.6. The number of carbonyl (C=O) groups excluding carboxylic acids is 3. The Morgan fingerprint density at radius 2 is 1.68 bits per heavy atom. The number of aliphatic hydroxyl groups excluding tert-OH is 1. The lowest BCUT2D eigenvalue weighted by atomic mass is 10.0. The summed E-state index contributed by atoms with van der Waals surface area (Å²) < 4.78 is 46.2. The Hall–Kier alpha value is -4.70. The first-order chi connectivity index (χ1) is 27.2. The molecule has 3 aromatic rings. The second kappa shape index (κ2) is 21.7. The van der Waals surface area contributed by atoms with Crippen molar-refractivity contribution in [1.82, 2.24) is 9.21 Å². The molecule has 0 saturated heterocycles. The van der Waals surface area contributed by atoms with Gasteiger partial charge in [0.2, 0.25) is 21.8 Å². The maximum atomic E-state index is 14.5. The number of aliphatic hydroxyl groups is 1. The Bertz CT molecular complexity index is 1890. The van der Waals surface area contributed by atoms with Crippen LogP contribution in [0.1, 0.15) is 82.5 Å². The van der Waals surface area contributed by atoms with E-state index < -0.39 is 28.1 Å². The largest absolute Gasteiger partial charge is 0.497 e. The minimum absolute atomic E-state index is 0.0351. The highest BCUT2D eigenvalue weighted by Gasteiger charge is 2.32. The number of carbonyl (C=O) groups is 3. The number of nitrogens with two attached hydrogens (primary N) is 1. The van der Waals surface area contributed by atoms with Crippen LogP contribution in [0.25, 0.3) is 0 Å². The predicted molar refractivity (Wildman–Crippen MR) is 221 cm³/mol. The van der Waals surface area contributed by atoms with Crippen LogP contribution < -0.4 is 25.8 Å². The van der Waals surface area contributed by atoms with Gasteiger partial charge in [-0.25, -0.2) is 8.42 Å². The molecule has 0 bridgehead atoms. The number of anilines is 3. The molecule has 312 valence electrons. The number of benzene rings is 3. The highest BCUT2D eigenvalue weighted by molar-refractivity contribution is 7.89. The van der Waals surface area contributed by atoms with E-state index in [9.17, 15) is 27.9 Å². The van der Waals surface area contributed by atoms with Gasteiger partial charge in [0.25, 0.3) is 5.91 Å². The molecule has 1 aliphatic rings. The summed E-state index contributed by atoms with van der Waals surface area (Å²) in [6, 6.07) is 17.6. The lowest BCUT2D eigenvalue weighted by Crippen LogP contribution is -2.48. The van der Waals surface area contributed by atoms with Gasteiger partial charge in [0.15, 0.2) is 0 Å². The fourth-order valence-electron chi connectivity index (χ4n) is 6.54. The van der Waals surface area contributed by atoms with Crippen LogP contribution in [-0.2, 0) is 24.3 Å². The molecule has 3 amide bonds. The van der Waals surface area contributed by atoms with Crippen LogP contribution in [0.4, 0.5) is 17.1 Å². The van der Waals surface area contributed by atoms with Crippen molar-refractivity contribution in [3.05, 3.63) is 72.3 Å². The van der Waals surface area contributed by atoms with Crippen molar-refractivity contribution in [3.8, 4) is 11.5 Å². The molecule has 57 heavy (non-hydrogen) atoms. The molecule has 4 atom stereocenters. The number of hydrogen-bond donors (Lipinski definition) is 4. The molecule has 15 heteroatoms. The first kappa shape index (κ1) is 45.0. The number of ether oxygens (including phenoxy) is 3. The summed E-state index contributed by atoms with van der Waals surface area (Å²) in [5.74, 6) is -0.240. The fraction of sp³-hybridized carbons (Fsp3) is 0.500. The number of nitrogens with zero attached hydrogens (tertiary/aromatic N) is 2. The molecule has 0 radical (unpaired) electrons. The number of para-hydroxylation sites is 2. The molecule has 0 unspecified atom stereocenters. The summed E-state index contributed by atoms with van der Waals surface area (Å²) in [5, 5.41) is 16.0. The van der Waals surface area contributed by atoms with E-state index in [4.69, 9.17) is 19.9 Å². The summed E-state index contributed by atoms with van der Waals surface area (Å²) >= 11 is 0. The zero-order chi connectivity index (χ0) is 41.5. The van der Waals surface area contributed by atoms with Gasteiger partial charge in [0, 0.05) is 51.2 Å². The average Bonchev–Trinajstić information content (AvgIpc) is 3.19. The van der Waals surface area contributed by atoms with E-state index in [1.165, 1.54) is 30.6 Å². The number of unbranched alkanes of at least 4 members (excludes halogenated alkanes) is 2. The quantitative estimate of drug-likeness (QED) is 0.106. The SMILES string of the molecule is COc1ccc(S(=O)(=O)N(C)C[C@@H]2OCCCC[C@@H](C)Oc3ccc(NC(=O)CCCCCC(=O)Nc4ccccc4N)cc3C(=O)N([C@H](C)CO)C[C@@H]2C)cc1. The van der Waals surface area contributed by atoms with E-state index in [0.717, 1.165) is 12.8 Å². The number of methoxy groups -OCH3 is 1. The monoisotopic (exact) mass is 809 g/mol. The number of sulfonamides is 1. The van der Waals surface area contributed by atoms with Gasteiger partial charge in [-0.2, -0.15) is 4.31 Å². The minimum Gasteiger partial charge on any atom is -0.497 e. The summed E-state index contributed by atoms with van der Waals surface area (Å²) in [5.41, 5.74) is 7.62. The van der Waals surface area contributed by atoms with Crippen molar-refractivity contribution in [2.45, 2.75) is 95.3 Å². The molecule has 3 aromatic carbocycles. The van der Waals surface area contributed by atoms with Crippen molar-refractivity contribution >= 4 is 44.8 Å². The third kappa shape index (κ3) is 13.2. The van der Waals surface area contributed by atoms with Gasteiger partial charge in [-0.1, -0.05) is 25.5 Å². The summed E-state index contributed by atoms with van der Waals surface area (Å²) in [4.78, 5) is 41.5. The van der Waals surface area contributed by atoms with Gasteiger partial charge in [-0.3, -0.25) is 14.4 Å². The number of amides is 3. The molecule has 0 spiro atoms. The molecular weight excluding hydrogens is 751 g/mol. The summed E-state index contributed by atoms with van der Waals surface area (Å²) in [6.07, 6.45) is 3.71. The van der Waals surface area contributed by atoms with Gasteiger partial charge in [0.05, 0.1) is 53.8 Å². The third-order valence-electron chi connectivity index (χ3n) is 10.1. The van der Waals surface area contributed by atoms with Crippen LogP contribution in [-0.4, -0.2) is 99.2 Å². The number of fused-ring (bicyclic) bond motifs is 1. The van der Waals surface area contributed by atoms with Crippen molar-refractivity contribution in [2.75, 3.05) is 56.8 Å². The normalized spacial score (nSPS) is 18.8.